The van der Waals surface area contributed by atoms with Crippen LogP contribution in [0.3, 0.4) is 0 Å². The number of carbonyl (C=O) groups is 1. The van der Waals surface area contributed by atoms with Gasteiger partial charge in [-0.3, -0.25) is 4.21 Å². The van der Waals surface area contributed by atoms with Crippen molar-refractivity contribution in [3.63, 3.8) is 0 Å². The maximum Gasteiger partial charge on any atom is 0.335 e. The molecule has 0 saturated carbocycles. The first-order chi connectivity index (χ1) is 9.40. The molecule has 2 atom stereocenters. The number of carboxylic acid groups (broad SMARTS) is 1. The van der Waals surface area contributed by atoms with Crippen LogP contribution >= 0.6 is 0 Å². The zero-order valence-electron chi connectivity index (χ0n) is 11.8. The molecule has 0 bridgehead atoms. The third-order valence-electron chi connectivity index (χ3n) is 3.38. The van der Waals surface area contributed by atoms with Gasteiger partial charge in [-0.1, -0.05) is 0 Å². The Morgan fingerprint density at radius 3 is 2.80 bits per heavy atom. The summed E-state index contributed by atoms with van der Waals surface area (Å²) in [6, 6.07) is 5.15. The quantitative estimate of drug-likeness (QED) is 0.919. The van der Waals surface area contributed by atoms with Gasteiger partial charge in [-0.2, -0.15) is 0 Å². The number of fused-ring (bicyclic) bond motifs is 1. The van der Waals surface area contributed by atoms with E-state index in [0.29, 0.717) is 11.3 Å². The van der Waals surface area contributed by atoms with Crippen LogP contribution in [0.15, 0.2) is 18.2 Å². The Bertz CT molecular complexity index is 678. The Morgan fingerprint density at radius 1 is 1.50 bits per heavy atom. The first kappa shape index (κ1) is 14.7. The Kier molecular flexibility index (Phi) is 4.23. The largest absolute Gasteiger partial charge is 0.478 e. The maximum absolute atomic E-state index is 11.2. The molecule has 5 nitrogen and oxygen atoms in total. The normalized spacial score (nSPS) is 14.3. The molecule has 0 amide bonds. The minimum absolute atomic E-state index is 0.180. The highest BCUT2D eigenvalue weighted by Gasteiger charge is 2.15. The van der Waals surface area contributed by atoms with Crippen LogP contribution in [0.1, 0.15) is 35.6 Å². The van der Waals surface area contributed by atoms with Crippen molar-refractivity contribution < 1.29 is 14.1 Å². The molecular formula is C14H18N2O3S. The number of nitrogens with zero attached hydrogens (tertiary/aromatic N) is 2. The lowest BCUT2D eigenvalue weighted by atomic mass is 10.2. The first-order valence-electron chi connectivity index (χ1n) is 6.42. The minimum Gasteiger partial charge on any atom is -0.478 e. The van der Waals surface area contributed by atoms with Crippen LogP contribution < -0.4 is 0 Å². The van der Waals surface area contributed by atoms with E-state index in [1.54, 1.807) is 24.5 Å². The molecule has 1 aromatic heterocycles. The highest BCUT2D eigenvalue weighted by molar-refractivity contribution is 7.84. The summed E-state index contributed by atoms with van der Waals surface area (Å²) in [4.78, 5) is 15.4. The highest BCUT2D eigenvalue weighted by atomic mass is 32.2. The molecule has 2 aromatic rings. The molecule has 0 aliphatic heterocycles. The van der Waals surface area contributed by atoms with Crippen molar-refractivity contribution in [3.8, 4) is 0 Å². The van der Waals surface area contributed by atoms with Crippen molar-refractivity contribution in [3.05, 3.63) is 29.6 Å². The molecule has 1 heterocycles. The molecule has 0 aliphatic rings. The molecule has 1 aromatic carbocycles. The summed E-state index contributed by atoms with van der Waals surface area (Å²) >= 11 is 0. The Hall–Kier alpha value is -1.69. The van der Waals surface area contributed by atoms with Crippen LogP contribution in [0, 0.1) is 6.92 Å². The SMILES string of the molecule is Cc1nc2cc(C(=O)O)ccc2n1C(C)CCS(C)=O. The molecule has 2 rings (SSSR count). The molecule has 6 heteroatoms. The number of rotatable bonds is 5. The van der Waals surface area contributed by atoms with Crippen molar-refractivity contribution in [1.29, 1.82) is 0 Å². The van der Waals surface area contributed by atoms with Gasteiger partial charge in [-0.05, 0) is 38.5 Å². The monoisotopic (exact) mass is 294 g/mol. The van der Waals surface area contributed by atoms with Crippen molar-refractivity contribution in [2.75, 3.05) is 12.0 Å². The third-order valence-corrected chi connectivity index (χ3v) is 4.19. The van der Waals surface area contributed by atoms with Crippen LogP contribution in [0.4, 0.5) is 0 Å². The summed E-state index contributed by atoms with van der Waals surface area (Å²) in [6.45, 7) is 3.96. The van der Waals surface area contributed by atoms with Crippen LogP contribution in [-0.2, 0) is 10.8 Å². The van der Waals surface area contributed by atoms with Crippen molar-refractivity contribution in [2.45, 2.75) is 26.3 Å². The molecule has 2 unspecified atom stereocenters. The van der Waals surface area contributed by atoms with E-state index < -0.39 is 16.8 Å². The zero-order chi connectivity index (χ0) is 14.9. The number of hydrogen-bond acceptors (Lipinski definition) is 3. The summed E-state index contributed by atoms with van der Waals surface area (Å²) < 4.78 is 13.3. The van der Waals surface area contributed by atoms with Gasteiger partial charge in [0.25, 0.3) is 0 Å². The standard InChI is InChI=1S/C14H18N2O3S/c1-9(6-7-20(3)19)16-10(2)15-12-8-11(14(17)18)4-5-13(12)16/h4-5,8-9H,6-7H2,1-3H3,(H,17,18). The summed E-state index contributed by atoms with van der Waals surface area (Å²) in [6.07, 6.45) is 2.50. The number of hydrogen-bond donors (Lipinski definition) is 1. The average molecular weight is 294 g/mol. The van der Waals surface area contributed by atoms with Crippen LogP contribution in [0.5, 0.6) is 0 Å². The Morgan fingerprint density at radius 2 is 2.20 bits per heavy atom. The fraction of sp³-hybridized carbons (Fsp3) is 0.429. The number of carboxylic acids is 1. The van der Waals surface area contributed by atoms with Crippen molar-refractivity contribution in [1.82, 2.24) is 9.55 Å². The summed E-state index contributed by atoms with van der Waals surface area (Å²) in [5.41, 5.74) is 1.85. The Labute approximate surface area is 120 Å². The van der Waals surface area contributed by atoms with Crippen LogP contribution in [0.25, 0.3) is 11.0 Å². The van der Waals surface area contributed by atoms with Gasteiger partial charge in [0, 0.05) is 28.9 Å². The molecule has 20 heavy (non-hydrogen) atoms. The fourth-order valence-electron chi connectivity index (χ4n) is 2.37. The summed E-state index contributed by atoms with van der Waals surface area (Å²) in [7, 11) is -0.809. The lowest BCUT2D eigenvalue weighted by Gasteiger charge is -2.15. The summed E-state index contributed by atoms with van der Waals surface area (Å²) in [5.74, 6) is 0.540. The second-order valence-electron chi connectivity index (χ2n) is 4.95. The third kappa shape index (κ3) is 2.90. The lowest BCUT2D eigenvalue weighted by Crippen LogP contribution is -2.10. The second kappa shape index (κ2) is 5.75. The van der Waals surface area contributed by atoms with E-state index in [0.717, 1.165) is 17.8 Å². The maximum atomic E-state index is 11.2. The molecule has 0 fully saturated rings. The smallest absolute Gasteiger partial charge is 0.335 e. The molecule has 1 N–H and O–H groups in total. The zero-order valence-corrected chi connectivity index (χ0v) is 12.6. The van der Waals surface area contributed by atoms with E-state index >= 15 is 0 Å². The molecule has 0 aliphatic carbocycles. The number of imidazole rings is 1. The van der Waals surface area contributed by atoms with Crippen molar-refractivity contribution >= 4 is 27.8 Å². The summed E-state index contributed by atoms with van der Waals surface area (Å²) in [5, 5.41) is 9.01. The van der Waals surface area contributed by atoms with E-state index in [9.17, 15) is 9.00 Å². The van der Waals surface area contributed by atoms with Gasteiger partial charge >= 0.3 is 5.97 Å². The fourth-order valence-corrected chi connectivity index (χ4v) is 3.05. The minimum atomic E-state index is -0.950. The number of aryl methyl sites for hydroxylation is 1. The van der Waals surface area contributed by atoms with Gasteiger partial charge in [0.2, 0.25) is 0 Å². The van der Waals surface area contributed by atoms with E-state index in [4.69, 9.17) is 5.11 Å². The number of aromatic nitrogens is 2. The second-order valence-corrected chi connectivity index (χ2v) is 6.51. The van der Waals surface area contributed by atoms with Crippen molar-refractivity contribution in [2.24, 2.45) is 0 Å². The number of aromatic carboxylic acids is 1. The average Bonchev–Trinajstić information content (AvgIpc) is 2.70. The van der Waals surface area contributed by atoms with Gasteiger partial charge in [0.1, 0.15) is 5.82 Å². The molecule has 0 spiro atoms. The van der Waals surface area contributed by atoms with Crippen LogP contribution in [0.2, 0.25) is 0 Å². The number of benzene rings is 1. The van der Waals surface area contributed by atoms with Gasteiger partial charge < -0.3 is 9.67 Å². The predicted molar refractivity (Wildman–Crippen MR) is 79.7 cm³/mol. The van der Waals surface area contributed by atoms with Gasteiger partial charge in [0.15, 0.2) is 0 Å². The molecule has 0 radical (unpaired) electrons. The molecule has 0 saturated heterocycles. The molecule has 108 valence electrons. The predicted octanol–water partition coefficient (Wildman–Crippen LogP) is 2.37. The van der Waals surface area contributed by atoms with E-state index in [1.165, 1.54) is 0 Å². The highest BCUT2D eigenvalue weighted by Crippen LogP contribution is 2.24. The first-order valence-corrected chi connectivity index (χ1v) is 8.14. The van der Waals surface area contributed by atoms with E-state index in [-0.39, 0.29) is 11.6 Å². The van der Waals surface area contributed by atoms with Crippen LogP contribution in [-0.4, -0.2) is 36.8 Å². The van der Waals surface area contributed by atoms with E-state index in [1.807, 2.05) is 6.92 Å². The van der Waals surface area contributed by atoms with Gasteiger partial charge in [-0.15, -0.1) is 0 Å². The topological polar surface area (TPSA) is 72.2 Å². The van der Waals surface area contributed by atoms with Gasteiger partial charge in [-0.25, -0.2) is 9.78 Å². The van der Waals surface area contributed by atoms with Gasteiger partial charge in [0.05, 0.1) is 16.6 Å². The lowest BCUT2D eigenvalue weighted by molar-refractivity contribution is 0.0697. The molecular weight excluding hydrogens is 276 g/mol. The van der Waals surface area contributed by atoms with E-state index in [2.05, 4.69) is 16.5 Å². The Balaban J connectivity index is 2.40.